The fraction of sp³-hybridized carbons (Fsp3) is 0.250. The van der Waals surface area contributed by atoms with Crippen molar-refractivity contribution >= 4 is 5.97 Å². The molecule has 0 fully saturated rings. The minimum Gasteiger partial charge on any atom is -0.434 e. The van der Waals surface area contributed by atoms with Crippen molar-refractivity contribution in [2.75, 3.05) is 6.54 Å². The van der Waals surface area contributed by atoms with Crippen LogP contribution in [0.15, 0.2) is 12.8 Å². The maximum atomic E-state index is 9.99. The van der Waals surface area contributed by atoms with E-state index >= 15 is 0 Å². The quantitative estimate of drug-likeness (QED) is 0.381. The van der Waals surface area contributed by atoms with Crippen LogP contribution < -0.4 is 5.73 Å². The third kappa shape index (κ3) is 2.99. The van der Waals surface area contributed by atoms with Crippen molar-refractivity contribution in [3.05, 3.63) is 12.8 Å². The Morgan fingerprint density at radius 1 is 2.00 bits per heavy atom. The Bertz CT molecular complexity index is 79.8. The summed E-state index contributed by atoms with van der Waals surface area (Å²) in [6.45, 7) is 3.06. The third-order valence-corrected chi connectivity index (χ3v) is 0.381. The van der Waals surface area contributed by atoms with Crippen molar-refractivity contribution < 1.29 is 9.53 Å². The highest BCUT2D eigenvalue weighted by Crippen LogP contribution is 1.70. The Morgan fingerprint density at radius 2 is 2.57 bits per heavy atom. The zero-order chi connectivity index (χ0) is 5.70. The Kier molecular flexibility index (Phi) is 2.96. The van der Waals surface area contributed by atoms with Gasteiger partial charge in [-0.3, -0.25) is 4.79 Å². The average Bonchev–Trinajstić information content (AvgIpc) is 1.68. The number of nitrogens with two attached hydrogens (primary N) is 1. The molecule has 0 spiro atoms. The molecule has 2 N–H and O–H groups in total. The van der Waals surface area contributed by atoms with Crippen LogP contribution in [0, 0.1) is 0 Å². The molecule has 0 aromatic carbocycles. The molecular weight excluding hydrogens is 94.0 g/mol. The molecular formula is C4H7NO2. The second-order valence-corrected chi connectivity index (χ2v) is 0.861. The van der Waals surface area contributed by atoms with Gasteiger partial charge in [0.25, 0.3) is 0 Å². The van der Waals surface area contributed by atoms with Crippen LogP contribution in [0.2, 0.25) is 0 Å². The summed E-state index contributed by atoms with van der Waals surface area (Å²) in [6.07, 6.45) is 1.05. The highest BCUT2D eigenvalue weighted by atomic mass is 16.5. The van der Waals surface area contributed by atoms with Gasteiger partial charge in [0.15, 0.2) is 0 Å². The first-order valence-electron chi connectivity index (χ1n) is 1.81. The first kappa shape index (κ1) is 6.17. The molecule has 40 valence electrons. The van der Waals surface area contributed by atoms with E-state index in [0.717, 1.165) is 6.26 Å². The first-order valence-corrected chi connectivity index (χ1v) is 1.81. The number of rotatable bonds is 2. The van der Waals surface area contributed by atoms with E-state index in [1.54, 1.807) is 0 Å². The smallest absolute Gasteiger partial charge is 0.324 e. The van der Waals surface area contributed by atoms with Crippen molar-refractivity contribution in [3.8, 4) is 0 Å². The molecule has 0 heterocycles. The molecule has 7 heavy (non-hydrogen) atoms. The van der Waals surface area contributed by atoms with Crippen LogP contribution >= 0.6 is 0 Å². The van der Waals surface area contributed by atoms with Gasteiger partial charge in [0, 0.05) is 0 Å². The second-order valence-electron chi connectivity index (χ2n) is 0.861. The normalized spacial score (nSPS) is 7.57. The molecule has 0 radical (unpaired) electrons. The van der Waals surface area contributed by atoms with E-state index in [1.165, 1.54) is 0 Å². The van der Waals surface area contributed by atoms with Crippen LogP contribution in [-0.2, 0) is 9.53 Å². The zero-order valence-corrected chi connectivity index (χ0v) is 3.89. The molecule has 0 rings (SSSR count). The van der Waals surface area contributed by atoms with Crippen LogP contribution in [0.3, 0.4) is 0 Å². The maximum absolute atomic E-state index is 9.99. The standard InChI is InChI=1S/C4H7NO2/c1-2-7-4(6)3-5/h2H,1,3,5H2. The molecule has 0 atom stereocenters. The van der Waals surface area contributed by atoms with Gasteiger partial charge in [-0.1, -0.05) is 6.58 Å². The Labute approximate surface area is 41.8 Å². The van der Waals surface area contributed by atoms with Gasteiger partial charge >= 0.3 is 5.97 Å². The van der Waals surface area contributed by atoms with Crippen molar-refractivity contribution in [1.82, 2.24) is 0 Å². The first-order chi connectivity index (χ1) is 3.31. The lowest BCUT2D eigenvalue weighted by molar-refractivity contribution is -0.136. The lowest BCUT2D eigenvalue weighted by Crippen LogP contribution is -2.13. The SMILES string of the molecule is C=COC(=O)CN. The number of esters is 1. The summed E-state index contributed by atoms with van der Waals surface area (Å²) in [5.74, 6) is -0.463. The van der Waals surface area contributed by atoms with Crippen LogP contribution in [0.1, 0.15) is 0 Å². The van der Waals surface area contributed by atoms with Crippen LogP contribution in [-0.4, -0.2) is 12.5 Å². The van der Waals surface area contributed by atoms with E-state index < -0.39 is 5.97 Å². The molecule has 0 aliphatic heterocycles. The van der Waals surface area contributed by atoms with E-state index in [2.05, 4.69) is 11.3 Å². The fourth-order valence-electron chi connectivity index (χ4n) is 0.141. The molecule has 0 saturated heterocycles. The van der Waals surface area contributed by atoms with E-state index in [0.29, 0.717) is 0 Å². The summed E-state index contributed by atoms with van der Waals surface area (Å²) in [7, 11) is 0. The van der Waals surface area contributed by atoms with E-state index in [-0.39, 0.29) is 6.54 Å². The number of hydrogen-bond acceptors (Lipinski definition) is 3. The van der Waals surface area contributed by atoms with Gasteiger partial charge in [-0.05, 0) is 0 Å². The van der Waals surface area contributed by atoms with Gasteiger partial charge in [0.05, 0.1) is 12.8 Å². The Balaban J connectivity index is 3.17. The van der Waals surface area contributed by atoms with Gasteiger partial charge < -0.3 is 10.5 Å². The molecule has 3 nitrogen and oxygen atoms in total. The molecule has 0 saturated carbocycles. The lowest BCUT2D eigenvalue weighted by atomic mass is 10.7. The lowest BCUT2D eigenvalue weighted by Gasteiger charge is -1.89. The van der Waals surface area contributed by atoms with Gasteiger partial charge in [-0.25, -0.2) is 0 Å². The molecule has 0 aliphatic carbocycles. The molecule has 0 unspecified atom stereocenters. The van der Waals surface area contributed by atoms with E-state index in [9.17, 15) is 4.79 Å². The Hall–Kier alpha value is -0.830. The van der Waals surface area contributed by atoms with E-state index in [4.69, 9.17) is 5.73 Å². The van der Waals surface area contributed by atoms with Gasteiger partial charge in [0.1, 0.15) is 0 Å². The average molecular weight is 101 g/mol. The fourth-order valence-corrected chi connectivity index (χ4v) is 0.141. The number of hydrogen-bond donors (Lipinski definition) is 1. The van der Waals surface area contributed by atoms with Crippen molar-refractivity contribution in [3.63, 3.8) is 0 Å². The summed E-state index contributed by atoms with van der Waals surface area (Å²) >= 11 is 0. The predicted octanol–water partition coefficient (Wildman–Crippen LogP) is -0.368. The van der Waals surface area contributed by atoms with Crippen molar-refractivity contribution in [1.29, 1.82) is 0 Å². The van der Waals surface area contributed by atoms with E-state index in [1.807, 2.05) is 0 Å². The summed E-state index contributed by atoms with van der Waals surface area (Å²) in [5.41, 5.74) is 4.84. The number of carbonyl (C=O) groups is 1. The molecule has 0 aliphatic rings. The summed E-state index contributed by atoms with van der Waals surface area (Å²) in [4.78, 5) is 9.99. The molecule has 0 aromatic rings. The van der Waals surface area contributed by atoms with Gasteiger partial charge in [-0.15, -0.1) is 0 Å². The predicted molar refractivity (Wildman–Crippen MR) is 25.3 cm³/mol. The maximum Gasteiger partial charge on any atom is 0.324 e. The molecule has 0 amide bonds. The van der Waals surface area contributed by atoms with Gasteiger partial charge in [0.2, 0.25) is 0 Å². The second kappa shape index (κ2) is 3.36. The molecule has 3 heteroatoms. The largest absolute Gasteiger partial charge is 0.434 e. The Morgan fingerprint density at radius 3 is 2.71 bits per heavy atom. The van der Waals surface area contributed by atoms with Crippen LogP contribution in [0.25, 0.3) is 0 Å². The van der Waals surface area contributed by atoms with Crippen molar-refractivity contribution in [2.45, 2.75) is 0 Å². The zero-order valence-electron chi connectivity index (χ0n) is 3.89. The minimum atomic E-state index is -0.463. The number of ether oxygens (including phenoxy) is 1. The number of carbonyl (C=O) groups excluding carboxylic acids is 1. The topological polar surface area (TPSA) is 52.3 Å². The van der Waals surface area contributed by atoms with Crippen LogP contribution in [0.5, 0.6) is 0 Å². The molecule has 0 aromatic heterocycles. The summed E-state index contributed by atoms with van der Waals surface area (Å²) in [5, 5.41) is 0. The molecule has 0 bridgehead atoms. The monoisotopic (exact) mass is 101 g/mol. The highest BCUT2D eigenvalue weighted by molar-refractivity contribution is 5.71. The third-order valence-electron chi connectivity index (χ3n) is 0.381. The summed E-state index contributed by atoms with van der Waals surface area (Å²) < 4.78 is 4.19. The van der Waals surface area contributed by atoms with Gasteiger partial charge in [-0.2, -0.15) is 0 Å². The van der Waals surface area contributed by atoms with Crippen molar-refractivity contribution in [2.24, 2.45) is 5.73 Å². The van der Waals surface area contributed by atoms with Crippen LogP contribution in [0.4, 0.5) is 0 Å². The highest BCUT2D eigenvalue weighted by Gasteiger charge is 1.90. The summed E-state index contributed by atoms with van der Waals surface area (Å²) in [6, 6.07) is 0. The minimum absolute atomic E-state index is 0.0913.